The van der Waals surface area contributed by atoms with E-state index in [0.29, 0.717) is 16.6 Å². The minimum absolute atomic E-state index is 0.0997. The Morgan fingerprint density at radius 2 is 1.84 bits per heavy atom. The molecule has 2 aliphatic carbocycles. The van der Waals surface area contributed by atoms with E-state index in [9.17, 15) is 4.79 Å². The second kappa shape index (κ2) is 24.3. The van der Waals surface area contributed by atoms with Gasteiger partial charge in [0, 0.05) is 19.4 Å². The Balaban J connectivity index is 0. The molecule has 1 fully saturated rings. The van der Waals surface area contributed by atoms with Crippen molar-refractivity contribution in [2.45, 2.75) is 114 Å². The molecule has 0 bridgehead atoms. The molecule has 0 aromatic carbocycles. The predicted octanol–water partition coefficient (Wildman–Crippen LogP) is 9.48. The zero-order valence-corrected chi connectivity index (χ0v) is 29.1. The highest BCUT2D eigenvalue weighted by Crippen LogP contribution is 2.39. The molecule has 0 spiro atoms. The molecule has 2 aliphatic rings. The summed E-state index contributed by atoms with van der Waals surface area (Å²) < 4.78 is 5.50. The Bertz CT molecular complexity index is 1090. The van der Waals surface area contributed by atoms with Crippen LogP contribution >= 0.6 is 11.6 Å². The van der Waals surface area contributed by atoms with E-state index in [2.05, 4.69) is 61.5 Å². The number of carboxylic acid groups (broad SMARTS) is 1. The maximum atomic E-state index is 10.8. The van der Waals surface area contributed by atoms with Gasteiger partial charge in [-0.1, -0.05) is 101 Å². The normalized spacial score (nSPS) is 14.6. The SMILES string of the molecule is CC.CC.CC(=O)NC1=CCC=C(C)C=C1Cl.CCCCC(=N/OC)/C(=C/c1cc(CC(C)(C)C)on1)C1CC1.O=CO. The summed E-state index contributed by atoms with van der Waals surface area (Å²) >= 11 is 5.96. The van der Waals surface area contributed by atoms with Gasteiger partial charge in [0.05, 0.1) is 16.4 Å². The second-order valence-electron chi connectivity index (χ2n) is 10.7. The highest BCUT2D eigenvalue weighted by atomic mass is 35.5. The van der Waals surface area contributed by atoms with Crippen molar-refractivity contribution in [3.8, 4) is 0 Å². The van der Waals surface area contributed by atoms with Crippen LogP contribution in [0.1, 0.15) is 119 Å². The molecule has 2 N–H and O–H groups in total. The molecular weight excluding hydrogens is 566 g/mol. The van der Waals surface area contributed by atoms with E-state index in [-0.39, 0.29) is 17.8 Å². The minimum Gasteiger partial charge on any atom is -0.483 e. The standard InChI is InChI=1S/C19H30N2O2.C10H12ClNO.2C2H6.CH2O2/c1-6-7-8-18(21-22-5)17(14-9-10-14)12-15-11-16(23-20-15)13-19(2,3)4;1-7-4-3-5-10(9(11)6-7)12-8(2)13;2*1-2;2-1-3/h11-12,14H,6-10,13H2,1-5H3;4-6H,3H2,1-2H3,(H,12,13);2*1-2H3;1H,(H,2,3)/b17-12+,21-18-;;;;. The van der Waals surface area contributed by atoms with Gasteiger partial charge in [-0.15, -0.1) is 0 Å². The Kier molecular flexibility index (Phi) is 23.8. The van der Waals surface area contributed by atoms with Gasteiger partial charge in [0.25, 0.3) is 6.47 Å². The lowest BCUT2D eigenvalue weighted by Gasteiger charge is -2.14. The first-order chi connectivity index (χ1) is 20.4. The number of nitrogens with zero attached hydrogens (tertiary/aromatic N) is 2. The molecule has 43 heavy (non-hydrogen) atoms. The van der Waals surface area contributed by atoms with Crippen LogP contribution in [0.3, 0.4) is 0 Å². The van der Waals surface area contributed by atoms with Gasteiger partial charge >= 0.3 is 0 Å². The molecule has 0 aliphatic heterocycles. The summed E-state index contributed by atoms with van der Waals surface area (Å²) in [7, 11) is 1.62. The fourth-order valence-corrected chi connectivity index (χ4v) is 4.08. The zero-order chi connectivity index (χ0) is 33.4. The number of aromatic nitrogens is 1. The van der Waals surface area contributed by atoms with E-state index in [4.69, 9.17) is 30.9 Å². The number of hydrogen-bond acceptors (Lipinski definition) is 6. The number of nitrogens with one attached hydrogen (secondary N) is 1. The van der Waals surface area contributed by atoms with Crippen LogP contribution in [-0.4, -0.2) is 35.5 Å². The molecule has 244 valence electrons. The highest BCUT2D eigenvalue weighted by molar-refractivity contribution is 6.32. The number of halogens is 1. The summed E-state index contributed by atoms with van der Waals surface area (Å²) in [6, 6.07) is 2.05. The number of rotatable bonds is 9. The average molecular weight is 622 g/mol. The topological polar surface area (TPSA) is 114 Å². The molecule has 1 saturated carbocycles. The van der Waals surface area contributed by atoms with Gasteiger partial charge < -0.3 is 19.8 Å². The summed E-state index contributed by atoms with van der Waals surface area (Å²) in [5.74, 6) is 1.44. The summed E-state index contributed by atoms with van der Waals surface area (Å²) in [6.45, 7) is 20.0. The van der Waals surface area contributed by atoms with Gasteiger partial charge in [-0.05, 0) is 68.1 Å². The molecule has 0 unspecified atom stereocenters. The van der Waals surface area contributed by atoms with Gasteiger partial charge in [0.15, 0.2) is 0 Å². The Morgan fingerprint density at radius 1 is 1.23 bits per heavy atom. The van der Waals surface area contributed by atoms with Gasteiger partial charge in [-0.25, -0.2) is 0 Å². The van der Waals surface area contributed by atoms with E-state index in [0.717, 1.165) is 54.8 Å². The molecule has 9 heteroatoms. The van der Waals surface area contributed by atoms with Crippen LogP contribution in [0, 0.1) is 11.3 Å². The van der Waals surface area contributed by atoms with Crippen molar-refractivity contribution in [1.82, 2.24) is 10.5 Å². The summed E-state index contributed by atoms with van der Waals surface area (Å²) in [5, 5.41) is 18.7. The first kappa shape index (κ1) is 42.0. The average Bonchev–Trinajstić information content (AvgIpc) is 3.73. The largest absolute Gasteiger partial charge is 0.483 e. The van der Waals surface area contributed by atoms with E-state index < -0.39 is 0 Å². The van der Waals surface area contributed by atoms with Crippen molar-refractivity contribution in [2.24, 2.45) is 16.5 Å². The van der Waals surface area contributed by atoms with E-state index >= 15 is 0 Å². The lowest BCUT2D eigenvalue weighted by atomic mass is 9.91. The van der Waals surface area contributed by atoms with Crippen molar-refractivity contribution in [2.75, 3.05) is 7.11 Å². The molecule has 1 aromatic rings. The Morgan fingerprint density at radius 3 is 2.33 bits per heavy atom. The third kappa shape index (κ3) is 20.4. The van der Waals surface area contributed by atoms with Crippen molar-refractivity contribution >= 4 is 35.8 Å². The first-order valence-corrected chi connectivity index (χ1v) is 15.7. The number of unbranched alkanes of at least 4 members (excludes halogenated alkanes) is 1. The molecule has 8 nitrogen and oxygen atoms in total. The summed E-state index contributed by atoms with van der Waals surface area (Å²) in [5.41, 5.74) is 5.24. The van der Waals surface area contributed by atoms with Gasteiger partial charge in [0.2, 0.25) is 5.91 Å². The molecular formula is C34H56ClN3O5. The van der Waals surface area contributed by atoms with Crippen LogP contribution < -0.4 is 5.32 Å². The summed E-state index contributed by atoms with van der Waals surface area (Å²) in [6.07, 6.45) is 15.3. The van der Waals surface area contributed by atoms with Crippen molar-refractivity contribution in [1.29, 1.82) is 0 Å². The first-order valence-electron chi connectivity index (χ1n) is 15.3. The Hall–Kier alpha value is -3.13. The molecule has 1 amide bonds. The number of carbonyl (C=O) groups is 2. The molecule has 0 radical (unpaired) electrons. The van der Waals surface area contributed by atoms with E-state index in [1.165, 1.54) is 25.3 Å². The lowest BCUT2D eigenvalue weighted by molar-refractivity contribution is -0.123. The molecule has 1 aromatic heterocycles. The maximum Gasteiger partial charge on any atom is 0.290 e. The fourth-order valence-electron chi connectivity index (χ4n) is 3.79. The molecule has 1 heterocycles. The van der Waals surface area contributed by atoms with Gasteiger partial charge in [0.1, 0.15) is 18.6 Å². The second-order valence-corrected chi connectivity index (χ2v) is 11.1. The zero-order valence-electron chi connectivity index (χ0n) is 28.3. The van der Waals surface area contributed by atoms with Crippen LogP contribution in [0.2, 0.25) is 0 Å². The van der Waals surface area contributed by atoms with Crippen molar-refractivity contribution < 1.29 is 24.1 Å². The highest BCUT2D eigenvalue weighted by Gasteiger charge is 2.29. The van der Waals surface area contributed by atoms with Gasteiger partial charge in [-0.3, -0.25) is 9.59 Å². The maximum absolute atomic E-state index is 10.8. The van der Waals surface area contributed by atoms with E-state index in [1.54, 1.807) is 7.11 Å². The molecule has 3 rings (SSSR count). The number of amides is 1. The predicted molar refractivity (Wildman–Crippen MR) is 180 cm³/mol. The van der Waals surface area contributed by atoms with Crippen LogP contribution in [0.5, 0.6) is 0 Å². The lowest BCUT2D eigenvalue weighted by Crippen LogP contribution is -2.19. The third-order valence-corrected chi connectivity index (χ3v) is 5.90. The molecule has 0 atom stereocenters. The number of allylic oxidation sites excluding steroid dienone is 6. The van der Waals surface area contributed by atoms with Crippen LogP contribution in [0.25, 0.3) is 6.08 Å². The number of hydrogen-bond donors (Lipinski definition) is 2. The minimum atomic E-state index is -0.250. The van der Waals surface area contributed by atoms with Crippen molar-refractivity contribution in [3.05, 3.63) is 57.6 Å². The number of oxime groups is 1. The van der Waals surface area contributed by atoms with Crippen LogP contribution in [-0.2, 0) is 20.8 Å². The monoisotopic (exact) mass is 621 g/mol. The Labute approximate surface area is 265 Å². The molecule has 0 saturated heterocycles. The van der Waals surface area contributed by atoms with Crippen LogP contribution in [0.15, 0.2) is 55.8 Å². The third-order valence-electron chi connectivity index (χ3n) is 5.59. The smallest absolute Gasteiger partial charge is 0.290 e. The summed E-state index contributed by atoms with van der Waals surface area (Å²) in [4.78, 5) is 24.2. The van der Waals surface area contributed by atoms with Crippen molar-refractivity contribution in [3.63, 3.8) is 0 Å². The fraction of sp³-hybridized carbons (Fsp3) is 0.588. The number of carbonyl (C=O) groups excluding carboxylic acids is 1. The van der Waals surface area contributed by atoms with Gasteiger partial charge in [-0.2, -0.15) is 0 Å². The van der Waals surface area contributed by atoms with E-state index in [1.807, 2.05) is 46.8 Å². The quantitative estimate of drug-likeness (QED) is 0.161. The van der Waals surface area contributed by atoms with Crippen LogP contribution in [0.4, 0.5) is 0 Å².